The summed E-state index contributed by atoms with van der Waals surface area (Å²) in [6, 6.07) is 2.83. The van der Waals surface area contributed by atoms with Gasteiger partial charge >= 0.3 is 0 Å². The number of hydrogen-bond donors (Lipinski definition) is 4. The minimum atomic E-state index is -1.25. The predicted molar refractivity (Wildman–Crippen MR) is 140 cm³/mol. The number of rotatable bonds is 7. The summed E-state index contributed by atoms with van der Waals surface area (Å²) >= 11 is 6.46. The molecule has 2 aromatic heterocycles. The number of anilines is 1. The Hall–Kier alpha value is -2.37. The summed E-state index contributed by atoms with van der Waals surface area (Å²) < 4.78 is 23.1. The van der Waals surface area contributed by atoms with Crippen molar-refractivity contribution in [2.24, 2.45) is 0 Å². The lowest BCUT2D eigenvalue weighted by Crippen LogP contribution is -2.52. The zero-order valence-electron chi connectivity index (χ0n) is 21.5. The molecule has 0 unspecified atom stereocenters. The number of aliphatic hydroxyl groups is 2. The Morgan fingerprint density at radius 1 is 1.22 bits per heavy atom. The fourth-order valence-corrected chi connectivity index (χ4v) is 5.28. The van der Waals surface area contributed by atoms with E-state index in [1.54, 1.807) is 19.9 Å². The summed E-state index contributed by atoms with van der Waals surface area (Å²) in [7, 11) is 0. The van der Waals surface area contributed by atoms with E-state index in [9.17, 15) is 10.2 Å². The van der Waals surface area contributed by atoms with Crippen LogP contribution in [0, 0.1) is 5.82 Å². The van der Waals surface area contributed by atoms with Gasteiger partial charge < -0.3 is 30.2 Å². The molecule has 1 aromatic carbocycles. The van der Waals surface area contributed by atoms with E-state index in [0.717, 1.165) is 19.5 Å². The second kappa shape index (κ2) is 10.1. The van der Waals surface area contributed by atoms with Crippen LogP contribution in [0.5, 0.6) is 0 Å². The average molecular weight is 533 g/mol. The Bertz CT molecular complexity index is 1290. The quantitative estimate of drug-likeness (QED) is 0.363. The summed E-state index contributed by atoms with van der Waals surface area (Å²) in [4.78, 5) is 13.3. The van der Waals surface area contributed by atoms with Gasteiger partial charge in [-0.1, -0.05) is 11.6 Å². The van der Waals surface area contributed by atoms with Crippen LogP contribution in [-0.2, 0) is 10.3 Å². The van der Waals surface area contributed by atoms with E-state index in [0.29, 0.717) is 41.4 Å². The number of aromatic nitrogens is 4. The van der Waals surface area contributed by atoms with Crippen LogP contribution in [0.15, 0.2) is 18.3 Å². The summed E-state index contributed by atoms with van der Waals surface area (Å²) in [6.07, 6.45) is 3.21. The van der Waals surface area contributed by atoms with Crippen molar-refractivity contribution in [3.63, 3.8) is 0 Å². The summed E-state index contributed by atoms with van der Waals surface area (Å²) in [5.74, 6) is 0.157. The Morgan fingerprint density at radius 3 is 2.59 bits per heavy atom. The Morgan fingerprint density at radius 2 is 1.97 bits per heavy atom. The van der Waals surface area contributed by atoms with Gasteiger partial charge in [-0.25, -0.2) is 19.3 Å². The van der Waals surface area contributed by atoms with Gasteiger partial charge in [-0.3, -0.25) is 0 Å². The molecule has 3 aromatic rings. The normalized spacial score (nSPS) is 23.0. The second-order valence-electron chi connectivity index (χ2n) is 10.8. The van der Waals surface area contributed by atoms with Gasteiger partial charge in [0.2, 0.25) is 5.95 Å². The third-order valence-corrected chi connectivity index (χ3v) is 7.32. The first-order chi connectivity index (χ1) is 17.5. The summed E-state index contributed by atoms with van der Waals surface area (Å²) in [6.45, 7) is 8.88. The van der Waals surface area contributed by atoms with Crippen LogP contribution >= 0.6 is 11.6 Å². The van der Waals surface area contributed by atoms with Crippen LogP contribution in [0.25, 0.3) is 22.3 Å². The zero-order valence-corrected chi connectivity index (χ0v) is 22.3. The lowest BCUT2D eigenvalue weighted by atomic mass is 9.90. The SMILES string of the molecule is CC(C)n1c(C(C)(C)O)nc2c(F)cc(-c3nc(N[C@@H]4CC[C@@H](OC5CNC5)C[C@H]4O)ncc3Cl)cc21. The van der Waals surface area contributed by atoms with E-state index in [-0.39, 0.29) is 34.8 Å². The molecule has 1 saturated carbocycles. The molecule has 3 atom stereocenters. The molecule has 2 aliphatic rings. The highest BCUT2D eigenvalue weighted by Crippen LogP contribution is 2.35. The van der Waals surface area contributed by atoms with Crippen LogP contribution in [0.4, 0.5) is 10.3 Å². The van der Waals surface area contributed by atoms with Gasteiger partial charge in [-0.05, 0) is 52.7 Å². The molecule has 11 heteroatoms. The molecular weight excluding hydrogens is 499 g/mol. The number of nitrogens with one attached hydrogen (secondary N) is 2. The number of benzene rings is 1. The minimum Gasteiger partial charge on any atom is -0.391 e. The number of halogens is 2. The lowest BCUT2D eigenvalue weighted by molar-refractivity contribution is -0.0757. The number of imidazole rings is 1. The van der Waals surface area contributed by atoms with Crippen LogP contribution in [0.1, 0.15) is 58.8 Å². The highest BCUT2D eigenvalue weighted by Gasteiger charge is 2.33. The molecule has 3 heterocycles. The molecule has 5 rings (SSSR count). The molecule has 9 nitrogen and oxygen atoms in total. The maximum absolute atomic E-state index is 15.3. The third-order valence-electron chi connectivity index (χ3n) is 7.04. The molecule has 37 heavy (non-hydrogen) atoms. The monoisotopic (exact) mass is 532 g/mol. The predicted octanol–water partition coefficient (Wildman–Crippen LogP) is 3.78. The molecular formula is C26H34ClFN6O3. The van der Waals surface area contributed by atoms with Crippen molar-refractivity contribution < 1.29 is 19.3 Å². The number of aliphatic hydroxyl groups excluding tert-OH is 1. The lowest BCUT2D eigenvalue weighted by Gasteiger charge is -2.37. The van der Waals surface area contributed by atoms with E-state index in [4.69, 9.17) is 16.3 Å². The smallest absolute Gasteiger partial charge is 0.223 e. The van der Waals surface area contributed by atoms with Crippen LogP contribution in [0.2, 0.25) is 5.02 Å². The van der Waals surface area contributed by atoms with Crippen LogP contribution < -0.4 is 10.6 Å². The summed E-state index contributed by atoms with van der Waals surface area (Å²) in [5, 5.41) is 28.1. The fourth-order valence-electron chi connectivity index (χ4n) is 5.08. The average Bonchev–Trinajstić information content (AvgIpc) is 3.20. The molecule has 2 fully saturated rings. The molecule has 1 aliphatic carbocycles. The Balaban J connectivity index is 1.42. The van der Waals surface area contributed by atoms with Crippen molar-refractivity contribution in [2.45, 2.75) is 83.0 Å². The van der Waals surface area contributed by atoms with E-state index in [1.165, 1.54) is 12.3 Å². The molecule has 1 saturated heterocycles. The summed E-state index contributed by atoms with van der Waals surface area (Å²) in [5.41, 5.74) is 0.306. The van der Waals surface area contributed by atoms with Crippen LogP contribution in [-0.4, -0.2) is 67.2 Å². The number of hydrogen-bond acceptors (Lipinski definition) is 8. The Labute approximate surface area is 220 Å². The van der Waals surface area contributed by atoms with Gasteiger partial charge in [0.25, 0.3) is 0 Å². The van der Waals surface area contributed by atoms with Gasteiger partial charge in [-0.2, -0.15) is 0 Å². The number of fused-ring (bicyclic) bond motifs is 1. The van der Waals surface area contributed by atoms with Gasteiger partial charge in [0.1, 0.15) is 16.9 Å². The van der Waals surface area contributed by atoms with Gasteiger partial charge in [-0.15, -0.1) is 0 Å². The molecule has 0 amide bonds. The number of nitrogens with zero attached hydrogens (tertiary/aromatic N) is 4. The largest absolute Gasteiger partial charge is 0.391 e. The standard InChI is InChI=1S/C26H34ClFN6O3/c1-13(2)34-20-8-14(7-18(28)23(20)32-24(34)26(3,4)36)22-17(27)12-30-25(33-22)31-19-6-5-15(9-21(19)35)37-16-10-29-11-16/h7-8,12-13,15-16,19,21,29,35-36H,5-6,9-11H2,1-4H3,(H,30,31,33)/t15-,19-,21-/m1/s1. The van der Waals surface area contributed by atoms with Gasteiger partial charge in [0.15, 0.2) is 5.82 Å². The van der Waals surface area contributed by atoms with E-state index in [1.807, 2.05) is 18.4 Å². The molecule has 0 spiro atoms. The first kappa shape index (κ1) is 26.2. The third kappa shape index (κ3) is 5.31. The minimum absolute atomic E-state index is 0.0381. The highest BCUT2D eigenvalue weighted by molar-refractivity contribution is 6.33. The molecule has 4 N–H and O–H groups in total. The van der Waals surface area contributed by atoms with Crippen molar-refractivity contribution >= 4 is 28.6 Å². The maximum atomic E-state index is 15.3. The topological polar surface area (TPSA) is 117 Å². The molecule has 1 aliphatic heterocycles. The highest BCUT2D eigenvalue weighted by atomic mass is 35.5. The Kier molecular flexibility index (Phi) is 7.14. The van der Waals surface area contributed by atoms with Gasteiger partial charge in [0.05, 0.1) is 46.8 Å². The molecule has 0 bridgehead atoms. The first-order valence-electron chi connectivity index (χ1n) is 12.8. The van der Waals surface area contributed by atoms with Crippen molar-refractivity contribution in [1.82, 2.24) is 24.8 Å². The van der Waals surface area contributed by atoms with E-state index >= 15 is 4.39 Å². The van der Waals surface area contributed by atoms with Crippen molar-refractivity contribution in [3.05, 3.63) is 35.0 Å². The van der Waals surface area contributed by atoms with Gasteiger partial charge in [0, 0.05) is 31.1 Å². The maximum Gasteiger partial charge on any atom is 0.223 e. The first-order valence-corrected chi connectivity index (χ1v) is 13.2. The van der Waals surface area contributed by atoms with Crippen LogP contribution in [0.3, 0.4) is 0 Å². The molecule has 0 radical (unpaired) electrons. The molecule has 200 valence electrons. The second-order valence-corrected chi connectivity index (χ2v) is 11.3. The van der Waals surface area contributed by atoms with E-state index < -0.39 is 17.5 Å². The fraction of sp³-hybridized carbons (Fsp3) is 0.577. The van der Waals surface area contributed by atoms with Crippen molar-refractivity contribution in [1.29, 1.82) is 0 Å². The zero-order chi connectivity index (χ0) is 26.5. The number of ether oxygens (including phenoxy) is 1. The van der Waals surface area contributed by atoms with Crippen molar-refractivity contribution in [3.8, 4) is 11.3 Å². The van der Waals surface area contributed by atoms with E-state index in [2.05, 4.69) is 25.6 Å². The van der Waals surface area contributed by atoms with Crippen molar-refractivity contribution in [2.75, 3.05) is 18.4 Å².